The van der Waals surface area contributed by atoms with Gasteiger partial charge in [0.1, 0.15) is 28.7 Å². The third-order valence-electron chi connectivity index (χ3n) is 4.78. The van der Waals surface area contributed by atoms with Gasteiger partial charge < -0.3 is 31.2 Å². The van der Waals surface area contributed by atoms with Crippen molar-refractivity contribution in [3.05, 3.63) is 42.5 Å². The van der Waals surface area contributed by atoms with Crippen LogP contribution in [0.2, 0.25) is 0 Å². The molecule has 12 heteroatoms. The summed E-state index contributed by atoms with van der Waals surface area (Å²) >= 11 is 0. The molecule has 2 rings (SSSR count). The van der Waals surface area contributed by atoms with Crippen LogP contribution in [0.15, 0.2) is 52.7 Å². The largest absolute Gasteiger partial charge is 0.444 e. The van der Waals surface area contributed by atoms with Crippen LogP contribution in [0.25, 0.3) is 0 Å². The van der Waals surface area contributed by atoms with Crippen molar-refractivity contribution in [3.8, 4) is 0 Å². The molecule has 0 aliphatic heterocycles. The van der Waals surface area contributed by atoms with Crippen LogP contribution in [0.5, 0.6) is 0 Å². The summed E-state index contributed by atoms with van der Waals surface area (Å²) in [7, 11) is 0. The predicted molar refractivity (Wildman–Crippen MR) is 149 cm³/mol. The van der Waals surface area contributed by atoms with E-state index >= 15 is 0 Å². The maximum absolute atomic E-state index is 13.1. The number of carbonyl (C=O) groups excluding carboxylic acids is 3. The van der Waals surface area contributed by atoms with E-state index < -0.39 is 35.3 Å². The zero-order valence-corrected chi connectivity index (χ0v) is 23.4. The van der Waals surface area contributed by atoms with Gasteiger partial charge in [0.05, 0.1) is 5.69 Å². The standard InChI is InChI=1S/C27H39N7O5/c1-26(2,3)38-24(36)29-17-11-10-14-20(30-25(37)39-27(4,5)6)23(35)32-21-16-15-19(22(28)31-21)34-33-18-12-8-7-9-13-18/h7-9,12-13,15-16,20H,10-11,14,17H2,1-6H3,(H,29,36)(H,30,37)(H3,28,31,32,35)/b34-33+/t20-/m0/s1. The number of nitrogens with one attached hydrogen (secondary N) is 3. The van der Waals surface area contributed by atoms with E-state index in [0.29, 0.717) is 37.2 Å². The number of aromatic nitrogens is 1. The van der Waals surface area contributed by atoms with Gasteiger partial charge >= 0.3 is 12.2 Å². The van der Waals surface area contributed by atoms with E-state index in [0.717, 1.165) is 0 Å². The van der Waals surface area contributed by atoms with Crippen LogP contribution in [0.1, 0.15) is 60.8 Å². The minimum atomic E-state index is -0.915. The fourth-order valence-electron chi connectivity index (χ4n) is 3.14. The molecule has 0 bridgehead atoms. The van der Waals surface area contributed by atoms with Crippen LogP contribution in [0, 0.1) is 0 Å². The van der Waals surface area contributed by atoms with Crippen LogP contribution in [0.3, 0.4) is 0 Å². The Hall–Kier alpha value is -4.22. The number of pyridine rings is 1. The highest BCUT2D eigenvalue weighted by atomic mass is 16.6. The van der Waals surface area contributed by atoms with Crippen LogP contribution in [-0.4, -0.2) is 46.9 Å². The first-order valence-electron chi connectivity index (χ1n) is 12.7. The molecule has 212 valence electrons. The fourth-order valence-corrected chi connectivity index (χ4v) is 3.14. The SMILES string of the molecule is CC(C)(C)OC(=O)NCCCC[C@H](NC(=O)OC(C)(C)C)C(=O)Nc1ccc(/N=N/c2ccccc2)c(N)n1. The Morgan fingerprint density at radius 1 is 0.897 bits per heavy atom. The minimum absolute atomic E-state index is 0.0809. The van der Waals surface area contributed by atoms with Crippen molar-refractivity contribution >= 4 is 41.1 Å². The summed E-state index contributed by atoms with van der Waals surface area (Å²) in [6, 6.07) is 11.4. The number of ether oxygens (including phenoxy) is 2. The molecule has 5 N–H and O–H groups in total. The molecule has 1 atom stereocenters. The third-order valence-corrected chi connectivity index (χ3v) is 4.78. The Morgan fingerprint density at radius 3 is 2.15 bits per heavy atom. The lowest BCUT2D eigenvalue weighted by Gasteiger charge is -2.23. The highest BCUT2D eigenvalue weighted by molar-refractivity contribution is 5.96. The Labute approximate surface area is 229 Å². The van der Waals surface area contributed by atoms with Crippen molar-refractivity contribution in [2.45, 2.75) is 78.0 Å². The van der Waals surface area contributed by atoms with E-state index in [-0.39, 0.29) is 11.6 Å². The molecule has 39 heavy (non-hydrogen) atoms. The number of carbonyl (C=O) groups is 3. The summed E-state index contributed by atoms with van der Waals surface area (Å²) in [5.74, 6) is -0.220. The Morgan fingerprint density at radius 2 is 1.54 bits per heavy atom. The van der Waals surface area contributed by atoms with E-state index in [9.17, 15) is 14.4 Å². The summed E-state index contributed by atoms with van der Waals surface area (Å²) < 4.78 is 10.5. The van der Waals surface area contributed by atoms with Crippen LogP contribution >= 0.6 is 0 Å². The Kier molecular flexibility index (Phi) is 11.2. The predicted octanol–water partition coefficient (Wildman–Crippen LogP) is 5.61. The number of amides is 3. The van der Waals surface area contributed by atoms with Crippen molar-refractivity contribution in [2.24, 2.45) is 10.2 Å². The summed E-state index contributed by atoms with van der Waals surface area (Å²) in [6.45, 7) is 10.9. The van der Waals surface area contributed by atoms with Gasteiger partial charge in [0, 0.05) is 6.54 Å². The van der Waals surface area contributed by atoms with Gasteiger partial charge in [-0.05, 0) is 85.1 Å². The summed E-state index contributed by atoms with van der Waals surface area (Å²) in [4.78, 5) is 41.4. The lowest BCUT2D eigenvalue weighted by atomic mass is 10.1. The summed E-state index contributed by atoms with van der Waals surface area (Å²) in [5.41, 5.74) is 5.69. The number of hydrogen-bond acceptors (Lipinski definition) is 9. The number of anilines is 2. The molecule has 2 aromatic rings. The number of nitrogens with zero attached hydrogens (tertiary/aromatic N) is 3. The van der Waals surface area contributed by atoms with Gasteiger partial charge in [-0.2, -0.15) is 5.11 Å². The van der Waals surface area contributed by atoms with Gasteiger partial charge in [0.25, 0.3) is 0 Å². The first-order chi connectivity index (χ1) is 18.2. The van der Waals surface area contributed by atoms with Crippen molar-refractivity contribution in [3.63, 3.8) is 0 Å². The number of nitrogen functional groups attached to an aromatic ring is 1. The van der Waals surface area contributed by atoms with Crippen LogP contribution in [0.4, 0.5) is 32.6 Å². The smallest absolute Gasteiger partial charge is 0.408 e. The van der Waals surface area contributed by atoms with Gasteiger partial charge in [-0.25, -0.2) is 14.6 Å². The average molecular weight is 542 g/mol. The quantitative estimate of drug-likeness (QED) is 0.224. The van der Waals surface area contributed by atoms with Crippen molar-refractivity contribution in [1.29, 1.82) is 0 Å². The van der Waals surface area contributed by atoms with E-state index in [2.05, 4.69) is 31.2 Å². The second-order valence-corrected chi connectivity index (χ2v) is 10.7. The fraction of sp³-hybridized carbons (Fsp3) is 0.481. The molecule has 0 saturated heterocycles. The number of alkyl carbamates (subject to hydrolysis) is 2. The first kappa shape index (κ1) is 31.0. The molecule has 1 aromatic carbocycles. The monoisotopic (exact) mass is 541 g/mol. The molecule has 0 aliphatic carbocycles. The molecule has 1 aromatic heterocycles. The molecule has 12 nitrogen and oxygen atoms in total. The normalized spacial score (nSPS) is 12.5. The molecular formula is C27H39N7O5. The number of hydrogen-bond donors (Lipinski definition) is 4. The van der Waals surface area contributed by atoms with Gasteiger partial charge in [0.15, 0.2) is 5.82 Å². The number of rotatable bonds is 10. The molecule has 0 unspecified atom stereocenters. The molecule has 0 radical (unpaired) electrons. The van der Waals surface area contributed by atoms with Crippen molar-refractivity contribution < 1.29 is 23.9 Å². The van der Waals surface area contributed by atoms with Crippen molar-refractivity contribution in [1.82, 2.24) is 15.6 Å². The average Bonchev–Trinajstić information content (AvgIpc) is 2.81. The van der Waals surface area contributed by atoms with E-state index in [1.807, 2.05) is 18.2 Å². The number of unbranched alkanes of at least 4 members (excludes halogenated alkanes) is 1. The number of azo groups is 1. The van der Waals surface area contributed by atoms with Crippen molar-refractivity contribution in [2.75, 3.05) is 17.6 Å². The number of nitrogens with two attached hydrogens (primary N) is 1. The maximum Gasteiger partial charge on any atom is 0.408 e. The lowest BCUT2D eigenvalue weighted by Crippen LogP contribution is -2.46. The molecule has 0 fully saturated rings. The highest BCUT2D eigenvalue weighted by Crippen LogP contribution is 2.24. The third kappa shape index (κ3) is 12.7. The lowest BCUT2D eigenvalue weighted by molar-refractivity contribution is -0.118. The highest BCUT2D eigenvalue weighted by Gasteiger charge is 2.25. The molecule has 0 aliphatic rings. The Balaban J connectivity index is 2.00. The summed E-state index contributed by atoms with van der Waals surface area (Å²) in [6.07, 6.45) is 0.140. The molecule has 0 saturated carbocycles. The minimum Gasteiger partial charge on any atom is -0.444 e. The zero-order valence-electron chi connectivity index (χ0n) is 23.4. The van der Waals surface area contributed by atoms with Gasteiger partial charge in [-0.15, -0.1) is 5.11 Å². The molecular weight excluding hydrogens is 502 g/mol. The topological polar surface area (TPSA) is 169 Å². The number of benzene rings is 1. The second kappa shape index (κ2) is 14.1. The van der Waals surface area contributed by atoms with E-state index in [4.69, 9.17) is 15.2 Å². The van der Waals surface area contributed by atoms with Gasteiger partial charge in [-0.1, -0.05) is 18.2 Å². The van der Waals surface area contributed by atoms with Gasteiger partial charge in [0.2, 0.25) is 5.91 Å². The second-order valence-electron chi connectivity index (χ2n) is 10.7. The summed E-state index contributed by atoms with van der Waals surface area (Å²) in [5, 5.41) is 16.2. The first-order valence-corrected chi connectivity index (χ1v) is 12.7. The molecule has 1 heterocycles. The maximum atomic E-state index is 13.1. The van der Waals surface area contributed by atoms with Gasteiger partial charge in [-0.3, -0.25) is 4.79 Å². The Bertz CT molecular complexity index is 1140. The molecule has 3 amide bonds. The van der Waals surface area contributed by atoms with E-state index in [1.54, 1.807) is 65.8 Å². The van der Waals surface area contributed by atoms with E-state index in [1.165, 1.54) is 0 Å². The zero-order chi connectivity index (χ0) is 29.1. The van der Waals surface area contributed by atoms with Crippen LogP contribution in [-0.2, 0) is 14.3 Å². The van der Waals surface area contributed by atoms with Crippen LogP contribution < -0.4 is 21.7 Å². The molecule has 0 spiro atoms.